The molecule has 0 unspecified atom stereocenters. The van der Waals surface area contributed by atoms with E-state index in [1.54, 1.807) is 24.3 Å². The molecule has 2 atom stereocenters. The smallest absolute Gasteiger partial charge is 0.273 e. The molecule has 1 aliphatic heterocycles. The van der Waals surface area contributed by atoms with E-state index in [1.807, 2.05) is 30.3 Å². The van der Waals surface area contributed by atoms with Crippen LogP contribution in [-0.4, -0.2) is 22.7 Å². The van der Waals surface area contributed by atoms with E-state index < -0.39 is 11.8 Å². The normalized spacial score (nSPS) is 21.7. The minimum Gasteiger partial charge on any atom is -0.273 e. The maximum absolute atomic E-state index is 13.0. The number of allylic oxidation sites excluding steroid dienone is 2. The van der Waals surface area contributed by atoms with Crippen molar-refractivity contribution in [1.82, 2.24) is 10.4 Å². The van der Waals surface area contributed by atoms with Crippen LogP contribution in [0.25, 0.3) is 0 Å². The second-order valence-corrected chi connectivity index (χ2v) is 7.08. The number of imide groups is 1. The molecule has 2 aliphatic rings. The molecule has 4 rings (SSSR count). The molecule has 5 nitrogen and oxygen atoms in total. The molecule has 0 aromatic heterocycles. The zero-order chi connectivity index (χ0) is 19.0. The number of carbonyl (C=O) groups is 3. The van der Waals surface area contributed by atoms with Crippen LogP contribution in [0, 0.1) is 5.92 Å². The SMILES string of the molecule is CC1=CC[C@H](C(=O)NN2C(=O)c3ccccc3C2=O)[C@H](c2ccccc2)C1. The number of hydrogen-bond donors (Lipinski definition) is 1. The van der Waals surface area contributed by atoms with Gasteiger partial charge in [-0.15, -0.1) is 0 Å². The first-order valence-corrected chi connectivity index (χ1v) is 9.05. The summed E-state index contributed by atoms with van der Waals surface area (Å²) in [5, 5.41) is 0.847. The summed E-state index contributed by atoms with van der Waals surface area (Å²) in [6.07, 6.45) is 3.43. The first-order valence-electron chi connectivity index (χ1n) is 9.05. The predicted molar refractivity (Wildman–Crippen MR) is 101 cm³/mol. The van der Waals surface area contributed by atoms with Crippen LogP contribution in [0.1, 0.15) is 52.0 Å². The lowest BCUT2D eigenvalue weighted by Crippen LogP contribution is -2.49. The van der Waals surface area contributed by atoms with Gasteiger partial charge in [-0.1, -0.05) is 54.1 Å². The van der Waals surface area contributed by atoms with Crippen molar-refractivity contribution < 1.29 is 14.4 Å². The monoisotopic (exact) mass is 360 g/mol. The average Bonchev–Trinajstić information content (AvgIpc) is 2.94. The molecular weight excluding hydrogens is 340 g/mol. The Balaban J connectivity index is 1.57. The highest BCUT2D eigenvalue weighted by Gasteiger charge is 2.39. The number of hydrogen-bond acceptors (Lipinski definition) is 3. The van der Waals surface area contributed by atoms with Crippen molar-refractivity contribution in [2.24, 2.45) is 5.92 Å². The minimum absolute atomic E-state index is 0.0198. The molecule has 2 aromatic rings. The summed E-state index contributed by atoms with van der Waals surface area (Å²) in [6, 6.07) is 16.5. The topological polar surface area (TPSA) is 66.5 Å². The fraction of sp³-hybridized carbons (Fsp3) is 0.227. The number of carbonyl (C=O) groups excluding carboxylic acids is 3. The van der Waals surface area contributed by atoms with E-state index in [0.717, 1.165) is 17.0 Å². The van der Waals surface area contributed by atoms with Crippen molar-refractivity contribution in [3.8, 4) is 0 Å². The summed E-state index contributed by atoms with van der Waals surface area (Å²) in [5.41, 5.74) is 5.55. The highest BCUT2D eigenvalue weighted by Crippen LogP contribution is 2.37. The Morgan fingerprint density at radius 3 is 2.19 bits per heavy atom. The number of fused-ring (bicyclic) bond motifs is 1. The Morgan fingerprint density at radius 1 is 0.963 bits per heavy atom. The number of nitrogens with one attached hydrogen (secondary N) is 1. The van der Waals surface area contributed by atoms with E-state index in [4.69, 9.17) is 0 Å². The van der Waals surface area contributed by atoms with E-state index >= 15 is 0 Å². The zero-order valence-electron chi connectivity index (χ0n) is 15.0. The van der Waals surface area contributed by atoms with E-state index in [-0.39, 0.29) is 17.7 Å². The maximum atomic E-state index is 13.0. The van der Waals surface area contributed by atoms with Crippen molar-refractivity contribution in [2.75, 3.05) is 0 Å². The van der Waals surface area contributed by atoms with Gasteiger partial charge < -0.3 is 0 Å². The second kappa shape index (κ2) is 6.83. The first kappa shape index (κ1) is 17.2. The molecule has 0 fully saturated rings. The Hall–Kier alpha value is -3.21. The Morgan fingerprint density at radius 2 is 1.56 bits per heavy atom. The lowest BCUT2D eigenvalue weighted by molar-refractivity contribution is -0.129. The third kappa shape index (κ3) is 3.05. The largest absolute Gasteiger partial charge is 0.280 e. The third-order valence-electron chi connectivity index (χ3n) is 5.33. The van der Waals surface area contributed by atoms with Gasteiger partial charge in [0, 0.05) is 0 Å². The molecule has 5 heteroatoms. The van der Waals surface area contributed by atoms with Crippen molar-refractivity contribution in [2.45, 2.75) is 25.7 Å². The van der Waals surface area contributed by atoms with Gasteiger partial charge in [0.15, 0.2) is 0 Å². The molecule has 0 bridgehead atoms. The van der Waals surface area contributed by atoms with Gasteiger partial charge in [-0.2, -0.15) is 5.01 Å². The van der Waals surface area contributed by atoms with Crippen molar-refractivity contribution in [3.63, 3.8) is 0 Å². The van der Waals surface area contributed by atoms with Gasteiger partial charge in [0.2, 0.25) is 5.91 Å². The molecule has 0 saturated heterocycles. The van der Waals surface area contributed by atoms with Crippen molar-refractivity contribution in [3.05, 3.63) is 82.9 Å². The van der Waals surface area contributed by atoms with Crippen LogP contribution in [0.4, 0.5) is 0 Å². The summed E-state index contributed by atoms with van der Waals surface area (Å²) in [7, 11) is 0. The van der Waals surface area contributed by atoms with E-state index in [0.29, 0.717) is 17.5 Å². The molecule has 0 saturated carbocycles. The molecule has 0 radical (unpaired) electrons. The van der Waals surface area contributed by atoms with Crippen LogP contribution in [0.5, 0.6) is 0 Å². The fourth-order valence-electron chi connectivity index (χ4n) is 3.89. The number of rotatable bonds is 3. The molecule has 27 heavy (non-hydrogen) atoms. The lowest BCUT2D eigenvalue weighted by atomic mass is 9.75. The molecule has 1 heterocycles. The fourth-order valence-corrected chi connectivity index (χ4v) is 3.89. The van der Waals surface area contributed by atoms with Crippen LogP contribution in [0.3, 0.4) is 0 Å². The molecule has 136 valence electrons. The summed E-state index contributed by atoms with van der Waals surface area (Å²) < 4.78 is 0. The molecule has 0 spiro atoms. The molecule has 1 N–H and O–H groups in total. The summed E-state index contributed by atoms with van der Waals surface area (Å²) >= 11 is 0. The summed E-state index contributed by atoms with van der Waals surface area (Å²) in [4.78, 5) is 38.0. The summed E-state index contributed by atoms with van der Waals surface area (Å²) in [6.45, 7) is 2.06. The number of benzene rings is 2. The number of amides is 3. The quantitative estimate of drug-likeness (QED) is 0.673. The first-order chi connectivity index (χ1) is 13.1. The van der Waals surface area contributed by atoms with Gasteiger partial charge >= 0.3 is 0 Å². The van der Waals surface area contributed by atoms with Crippen LogP contribution in [-0.2, 0) is 4.79 Å². The average molecular weight is 360 g/mol. The van der Waals surface area contributed by atoms with Crippen molar-refractivity contribution in [1.29, 1.82) is 0 Å². The van der Waals surface area contributed by atoms with Crippen LogP contribution in [0.15, 0.2) is 66.2 Å². The van der Waals surface area contributed by atoms with Crippen molar-refractivity contribution >= 4 is 17.7 Å². The van der Waals surface area contributed by atoms with Crippen LogP contribution < -0.4 is 5.43 Å². The number of hydrazine groups is 1. The highest BCUT2D eigenvalue weighted by atomic mass is 16.2. The van der Waals surface area contributed by atoms with Crippen LogP contribution >= 0.6 is 0 Å². The standard InChI is InChI=1S/C22H20N2O3/c1-14-11-12-16(19(13-14)15-7-3-2-4-8-15)20(25)23-24-21(26)17-9-5-6-10-18(17)22(24)27/h2-11,16,19H,12-13H2,1H3,(H,23,25)/t16-,19-/m0/s1. The molecule has 2 aromatic carbocycles. The van der Waals surface area contributed by atoms with Gasteiger partial charge in [0.05, 0.1) is 17.0 Å². The Labute approximate surface area is 157 Å². The van der Waals surface area contributed by atoms with E-state index in [1.165, 1.54) is 5.57 Å². The molecule has 1 aliphatic carbocycles. The van der Waals surface area contributed by atoms with Gasteiger partial charge in [-0.25, -0.2) is 0 Å². The highest BCUT2D eigenvalue weighted by molar-refractivity contribution is 6.21. The maximum Gasteiger partial charge on any atom is 0.280 e. The Bertz CT molecular complexity index is 914. The number of nitrogens with zero attached hydrogens (tertiary/aromatic N) is 1. The minimum atomic E-state index is -0.484. The zero-order valence-corrected chi connectivity index (χ0v) is 15.0. The van der Waals surface area contributed by atoms with E-state index in [2.05, 4.69) is 18.4 Å². The second-order valence-electron chi connectivity index (χ2n) is 7.08. The van der Waals surface area contributed by atoms with Crippen LogP contribution in [0.2, 0.25) is 0 Å². The Kier molecular flexibility index (Phi) is 4.36. The van der Waals surface area contributed by atoms with Gasteiger partial charge in [-0.3, -0.25) is 19.8 Å². The van der Waals surface area contributed by atoms with Gasteiger partial charge in [0.1, 0.15) is 0 Å². The predicted octanol–water partition coefficient (Wildman–Crippen LogP) is 3.45. The molecule has 3 amide bonds. The van der Waals surface area contributed by atoms with Gasteiger partial charge in [-0.05, 0) is 43.4 Å². The molecular formula is C22H20N2O3. The summed E-state index contributed by atoms with van der Waals surface area (Å²) in [5.74, 6) is -1.58. The lowest BCUT2D eigenvalue weighted by Gasteiger charge is -2.31. The van der Waals surface area contributed by atoms with Gasteiger partial charge in [0.25, 0.3) is 11.8 Å². The van der Waals surface area contributed by atoms with E-state index in [9.17, 15) is 14.4 Å². The third-order valence-corrected chi connectivity index (χ3v) is 5.33.